The van der Waals surface area contributed by atoms with Crippen LogP contribution in [0.15, 0.2) is 36.3 Å². The number of aliphatic hydroxyl groups is 1. The van der Waals surface area contributed by atoms with Crippen molar-refractivity contribution in [1.82, 2.24) is 0 Å². The highest BCUT2D eigenvalue weighted by atomic mass is 16.5. The van der Waals surface area contributed by atoms with Crippen LogP contribution in [-0.4, -0.2) is 31.8 Å². The Hall–Kier alpha value is -2.20. The Morgan fingerprint density at radius 3 is 2.69 bits per heavy atom. The minimum Gasteiger partial charge on any atom is -0.493 e. The van der Waals surface area contributed by atoms with Gasteiger partial charge in [0.05, 0.1) is 40.7 Å². The molecule has 0 aliphatic carbocycles. The van der Waals surface area contributed by atoms with Crippen molar-refractivity contribution >= 4 is 0 Å². The second kappa shape index (κ2) is 10.1. The van der Waals surface area contributed by atoms with Crippen molar-refractivity contribution in [3.8, 4) is 17.2 Å². The number of ether oxygens (including phenoxy) is 3. The van der Waals surface area contributed by atoms with Gasteiger partial charge in [-0.25, -0.2) is 0 Å². The summed E-state index contributed by atoms with van der Waals surface area (Å²) in [6.45, 7) is -0.904. The van der Waals surface area contributed by atoms with Gasteiger partial charge in [-0.15, -0.1) is 0 Å². The number of benzene rings is 2. The molecule has 4 heteroatoms. The molecule has 0 aliphatic heterocycles. The highest BCUT2D eigenvalue weighted by Gasteiger charge is 2.07. The van der Waals surface area contributed by atoms with Crippen LogP contribution in [0.3, 0.4) is 0 Å². The largest absolute Gasteiger partial charge is 0.493 e. The van der Waals surface area contributed by atoms with Crippen LogP contribution in [-0.2, 0) is 6.37 Å². The fourth-order valence-electron chi connectivity index (χ4n) is 1.70. The van der Waals surface area contributed by atoms with Gasteiger partial charge in [0.2, 0.25) is 0 Å². The van der Waals surface area contributed by atoms with Crippen molar-refractivity contribution < 1.29 is 45.4 Å². The normalized spacial score (nSPS) is 26.3. The second-order valence-corrected chi connectivity index (χ2v) is 4.97. The Morgan fingerprint density at radius 1 is 1.08 bits per heavy atom. The van der Waals surface area contributed by atoms with Crippen LogP contribution >= 0.6 is 0 Å². The summed E-state index contributed by atoms with van der Waals surface area (Å²) in [5, 5.41) is 10.8. The van der Waals surface area contributed by atoms with E-state index in [0.29, 0.717) is 0 Å². The van der Waals surface area contributed by atoms with Crippen LogP contribution < -0.4 is 14.2 Å². The molecule has 2 aromatic rings. The van der Waals surface area contributed by atoms with Gasteiger partial charge in [-0.3, -0.25) is 0 Å². The van der Waals surface area contributed by atoms with Crippen molar-refractivity contribution in [3.63, 3.8) is 0 Å². The maximum atomic E-state index is 10.8. The lowest BCUT2D eigenvalue weighted by atomic mass is 10.0. The molecule has 0 fully saturated rings. The topological polar surface area (TPSA) is 47.9 Å². The molecular formula is C22H30O4. The average molecular weight is 378 g/mol. The van der Waals surface area contributed by atoms with Gasteiger partial charge in [-0.05, 0) is 73.9 Å². The Balaban J connectivity index is 2.55. The lowest BCUT2D eigenvalue weighted by Gasteiger charge is -2.13. The van der Waals surface area contributed by atoms with E-state index in [0.717, 1.165) is 0 Å². The Labute approximate surface area is 183 Å². The van der Waals surface area contributed by atoms with Crippen molar-refractivity contribution in [2.75, 3.05) is 20.6 Å². The van der Waals surface area contributed by atoms with Gasteiger partial charge in [0.25, 0.3) is 0 Å². The molecule has 4 nitrogen and oxygen atoms in total. The van der Waals surface area contributed by atoms with Crippen molar-refractivity contribution in [1.29, 1.82) is 0 Å². The van der Waals surface area contributed by atoms with Gasteiger partial charge in [-0.2, -0.15) is 0 Å². The van der Waals surface area contributed by atoms with E-state index < -0.39 is 111 Å². The first-order valence-corrected chi connectivity index (χ1v) is 7.41. The summed E-state index contributed by atoms with van der Waals surface area (Å²) < 4.78 is 165. The Morgan fingerprint density at radius 2 is 1.88 bits per heavy atom. The van der Waals surface area contributed by atoms with Crippen LogP contribution in [0.4, 0.5) is 0 Å². The first-order valence-electron chi connectivity index (χ1n) is 16.9. The van der Waals surface area contributed by atoms with Crippen molar-refractivity contribution in [2.24, 2.45) is 0 Å². The zero-order valence-electron chi connectivity index (χ0n) is 33.1. The zero-order valence-corrected chi connectivity index (χ0v) is 14.1. The number of hydrogen-bond acceptors (Lipinski definition) is 4. The number of hydrogen-bond donors (Lipinski definition) is 1. The van der Waals surface area contributed by atoms with Crippen LogP contribution in [0.2, 0.25) is 0 Å². The molecule has 0 heterocycles. The summed E-state index contributed by atoms with van der Waals surface area (Å²) in [5.74, 6) is -3.23. The summed E-state index contributed by atoms with van der Waals surface area (Å²) >= 11 is 0. The van der Waals surface area contributed by atoms with E-state index in [1.165, 1.54) is 13.8 Å². The van der Waals surface area contributed by atoms with E-state index >= 15 is 0 Å². The second-order valence-electron chi connectivity index (χ2n) is 4.97. The fraction of sp³-hybridized carbons (Fsp3) is 0.455. The van der Waals surface area contributed by atoms with E-state index in [1.54, 1.807) is 0 Å². The highest BCUT2D eigenvalue weighted by molar-refractivity contribution is 5.42. The summed E-state index contributed by atoms with van der Waals surface area (Å²) in [6, 6.07) is -5.30. The molecule has 142 valence electrons. The molecule has 1 unspecified atom stereocenters. The van der Waals surface area contributed by atoms with E-state index in [-0.39, 0.29) is 11.1 Å². The summed E-state index contributed by atoms with van der Waals surface area (Å²) in [4.78, 5) is 0. The molecule has 0 radical (unpaired) electrons. The lowest BCUT2D eigenvalue weighted by Crippen LogP contribution is -2.17. The Kier molecular flexibility index (Phi) is 2.50. The smallest absolute Gasteiger partial charge is 0.160 e. The van der Waals surface area contributed by atoms with Gasteiger partial charge >= 0.3 is 0 Å². The predicted octanol–water partition coefficient (Wildman–Crippen LogP) is 4.47. The molecule has 1 N–H and O–H groups in total. The van der Waals surface area contributed by atoms with Crippen LogP contribution in [0.1, 0.15) is 61.9 Å². The monoisotopic (exact) mass is 377 g/mol. The summed E-state index contributed by atoms with van der Waals surface area (Å²) in [5.41, 5.74) is -0.723. The molecular weight excluding hydrogens is 328 g/mol. The van der Waals surface area contributed by atoms with Gasteiger partial charge in [0.15, 0.2) is 11.5 Å². The molecule has 0 aromatic heterocycles. The number of methoxy groups -OCH3 is 2. The van der Waals surface area contributed by atoms with Crippen molar-refractivity contribution in [2.45, 2.75) is 45.5 Å². The minimum atomic E-state index is -3.88. The standard InChI is InChI=1S/C22H30O4/c1-16-9-11-20(13-17(16)2)26-15-19(23)8-6-5-7-18-10-12-21(24-3)22(14-18)25-4/h9-14,19,23H,5-8,15H2,1-4H3/i3D3,4D3,7D2,8D2,9D,10D,11D,12D,13D,14D,15D2,19D. The lowest BCUT2D eigenvalue weighted by molar-refractivity contribution is 0.0976. The third-order valence-electron chi connectivity index (χ3n) is 3.15. The quantitative estimate of drug-likeness (QED) is 0.663. The maximum absolute atomic E-state index is 10.8. The third-order valence-corrected chi connectivity index (χ3v) is 3.15. The molecule has 0 saturated heterocycles. The van der Waals surface area contributed by atoms with E-state index in [1.807, 2.05) is 0 Å². The van der Waals surface area contributed by atoms with E-state index in [9.17, 15) is 5.11 Å². The highest BCUT2D eigenvalue weighted by Crippen LogP contribution is 2.28. The molecule has 2 rings (SSSR count). The first-order chi connectivity index (χ1) is 19.9. The van der Waals surface area contributed by atoms with Crippen LogP contribution in [0.25, 0.3) is 0 Å². The molecule has 0 saturated carbocycles. The SMILES string of the molecule is [2H]c1c([2H])c(OC([2H])([2H])C([2H])(O)C([2H])([2H])CCC([2H])([2H])c2c([2H])c([2H])c(OC([2H])([2H])[2H])c(OC([2H])([2H])[2H])c2[2H])c([2H])c(C)c1C. The molecule has 0 spiro atoms. The molecule has 0 aliphatic rings. The number of rotatable bonds is 10. The molecule has 0 bridgehead atoms. The summed E-state index contributed by atoms with van der Waals surface area (Å²) in [7, 11) is -6.67. The average Bonchev–Trinajstić information content (AvgIpc) is 2.87. The van der Waals surface area contributed by atoms with Gasteiger partial charge in [0, 0.05) is 5.48 Å². The predicted molar refractivity (Wildman–Crippen MR) is 105 cm³/mol. The van der Waals surface area contributed by atoms with Crippen molar-refractivity contribution in [3.05, 3.63) is 52.9 Å². The maximum Gasteiger partial charge on any atom is 0.160 e. The van der Waals surface area contributed by atoms with Gasteiger partial charge < -0.3 is 19.3 Å². The summed E-state index contributed by atoms with van der Waals surface area (Å²) in [6.07, 6.45) is -12.7. The van der Waals surface area contributed by atoms with E-state index in [4.69, 9.17) is 30.8 Å². The molecule has 1 atom stereocenters. The van der Waals surface area contributed by atoms with Crippen LogP contribution in [0.5, 0.6) is 17.2 Å². The third kappa shape index (κ3) is 5.95. The minimum absolute atomic E-state index is 0.120. The fourth-order valence-corrected chi connectivity index (χ4v) is 1.70. The molecule has 0 amide bonds. The van der Waals surface area contributed by atoms with Gasteiger partial charge in [0.1, 0.15) is 12.3 Å². The zero-order chi connectivity index (χ0) is 35.5. The first kappa shape index (κ1) is 6.45. The molecule has 26 heavy (non-hydrogen) atoms. The van der Waals surface area contributed by atoms with E-state index in [2.05, 4.69) is 9.47 Å². The Bertz CT molecular complexity index is 1420. The van der Waals surface area contributed by atoms with Gasteiger partial charge in [-0.1, -0.05) is 18.5 Å². The van der Waals surface area contributed by atoms with Crippen LogP contribution in [0, 0.1) is 13.8 Å². The molecule has 2 aromatic carbocycles.